The number of fused-ring (bicyclic) bond motifs is 3. The highest BCUT2D eigenvalue weighted by molar-refractivity contribution is 8.39. The number of nitrogens with two attached hydrogens (primary N) is 1. The highest BCUT2D eigenvalue weighted by Gasteiger charge is 2.78. The van der Waals surface area contributed by atoms with Crippen LogP contribution in [0.15, 0.2) is 28.6 Å². The van der Waals surface area contributed by atoms with E-state index < -0.39 is 86.4 Å². The van der Waals surface area contributed by atoms with Crippen LogP contribution < -0.4 is 16.9 Å². The molecule has 11 atom stereocenters. The van der Waals surface area contributed by atoms with Crippen LogP contribution in [0.5, 0.6) is 0 Å². The highest BCUT2D eigenvalue weighted by Crippen LogP contribution is 2.60. The van der Waals surface area contributed by atoms with Crippen LogP contribution in [0.4, 0.5) is 10.3 Å². The number of aromatic nitrogens is 8. The molecule has 240 valence electrons. The summed E-state index contributed by atoms with van der Waals surface area (Å²) in [6.07, 6.45) is -8.57. The summed E-state index contributed by atoms with van der Waals surface area (Å²) in [7, 11) is -2.65. The van der Waals surface area contributed by atoms with Gasteiger partial charge in [-0.05, 0) is 16.4 Å². The Hall–Kier alpha value is -2.79. The van der Waals surface area contributed by atoms with E-state index in [-0.39, 0.29) is 28.3 Å². The van der Waals surface area contributed by atoms with Crippen molar-refractivity contribution in [3.63, 3.8) is 0 Å². The second kappa shape index (κ2) is 10.9. The standard InChI is InChI=1S/C20H20FN9O11P2S2/c21-6-9(40-42(35)44)5(38-17(6)29-3-25-7-13(29)23-2-24-15(7)32)1-37-43(36,45)41-12-18(39-11-10(31)20(11,12)34)30-4-26-8-14(30)27-19(22)28-16(8)33/h2-6,9-12,17-18,31,34H,1H2,(H5-,22,23,24,27,28,32,33,35,36,44,45)/p+1. The molecule has 3 fully saturated rings. The average molecular weight is 709 g/mol. The van der Waals surface area contributed by atoms with Crippen molar-refractivity contribution in [1.29, 1.82) is 0 Å². The number of halogens is 1. The molecule has 4 aromatic rings. The molecule has 20 nitrogen and oxygen atoms in total. The SMILES string of the molecule is Nc1nc2c(ncn2C2OC3C(O)C3(O)C2OP(O)(=S)OCC2OC(n3cnc4c(=O)[nH]cnc43)C(F)C2O[P+](=O)S)c(=O)[nH]1. The lowest BCUT2D eigenvalue weighted by Crippen LogP contribution is -2.39. The first-order valence-corrected chi connectivity index (χ1v) is 17.7. The van der Waals surface area contributed by atoms with E-state index in [1.807, 2.05) is 0 Å². The largest absolute Gasteiger partial charge is 0.582 e. The van der Waals surface area contributed by atoms with Gasteiger partial charge in [-0.25, -0.2) is 19.3 Å². The smallest absolute Gasteiger partial charge is 0.387 e. The number of hydrogen-bond acceptors (Lipinski definition) is 16. The number of rotatable bonds is 9. The first-order valence-electron chi connectivity index (χ1n) is 12.8. The molecule has 1 aliphatic carbocycles. The number of thiol groups is 1. The van der Waals surface area contributed by atoms with Crippen molar-refractivity contribution >= 4 is 66.3 Å². The maximum absolute atomic E-state index is 15.7. The Labute approximate surface area is 258 Å². The van der Waals surface area contributed by atoms with Gasteiger partial charge in [0.2, 0.25) is 5.95 Å². The molecule has 2 aliphatic heterocycles. The Bertz CT molecular complexity index is 2010. The fourth-order valence-corrected chi connectivity index (χ4v) is 7.66. The number of nitrogens with one attached hydrogen (secondary N) is 2. The van der Waals surface area contributed by atoms with E-state index in [1.165, 1.54) is 4.57 Å². The second-order valence-corrected chi connectivity index (χ2v) is 14.7. The number of ether oxygens (including phenoxy) is 2. The van der Waals surface area contributed by atoms with Crippen molar-refractivity contribution in [2.24, 2.45) is 0 Å². The number of H-pyrrole nitrogens is 2. The molecule has 25 heteroatoms. The van der Waals surface area contributed by atoms with Crippen LogP contribution in [0.1, 0.15) is 12.5 Å². The van der Waals surface area contributed by atoms with Crippen LogP contribution in [0, 0.1) is 0 Å². The molecule has 0 aromatic carbocycles. The van der Waals surface area contributed by atoms with Gasteiger partial charge in [-0.2, -0.15) is 4.98 Å². The van der Waals surface area contributed by atoms with Gasteiger partial charge in [-0.1, -0.05) is 0 Å². The molecule has 6 heterocycles. The van der Waals surface area contributed by atoms with Gasteiger partial charge < -0.3 is 39.8 Å². The summed E-state index contributed by atoms with van der Waals surface area (Å²) in [5.74, 6) is -0.240. The summed E-state index contributed by atoms with van der Waals surface area (Å²) in [6.45, 7) is -5.07. The molecule has 4 aromatic heterocycles. The summed E-state index contributed by atoms with van der Waals surface area (Å²) in [6, 6.07) is 0. The van der Waals surface area contributed by atoms with Crippen molar-refractivity contribution in [3.8, 4) is 0 Å². The third-order valence-electron chi connectivity index (χ3n) is 7.60. The first-order chi connectivity index (χ1) is 21.3. The molecule has 3 aliphatic rings. The third kappa shape index (κ3) is 5.03. The number of aromatic amines is 2. The number of nitrogen functional groups attached to an aromatic ring is 1. The van der Waals surface area contributed by atoms with E-state index >= 15 is 4.39 Å². The maximum Gasteiger partial charge on any atom is 0.582 e. The molecular formula is C20H21FN9O11P2S2+. The summed E-state index contributed by atoms with van der Waals surface area (Å²) in [5, 5.41) is 21.4. The Morgan fingerprint density at radius 1 is 1.18 bits per heavy atom. The number of nitrogens with zero attached hydrogens (tertiary/aromatic N) is 6. The minimum Gasteiger partial charge on any atom is -0.387 e. The highest BCUT2D eigenvalue weighted by atomic mass is 32.7. The summed E-state index contributed by atoms with van der Waals surface area (Å²) in [5.41, 5.74) is 2.10. The van der Waals surface area contributed by atoms with Crippen LogP contribution in [0.25, 0.3) is 22.3 Å². The van der Waals surface area contributed by atoms with Gasteiger partial charge in [0.25, 0.3) is 11.1 Å². The molecule has 7 N–H and O–H groups in total. The fraction of sp³-hybridized carbons (Fsp3) is 0.500. The number of imidazole rings is 2. The fourth-order valence-electron chi connectivity index (χ4n) is 5.46. The number of aliphatic hydroxyl groups is 2. The Morgan fingerprint density at radius 3 is 2.58 bits per heavy atom. The molecule has 2 saturated heterocycles. The lowest BCUT2D eigenvalue weighted by Gasteiger charge is -2.30. The normalized spacial score (nSPS) is 34.3. The van der Waals surface area contributed by atoms with Gasteiger partial charge in [0.15, 0.2) is 52.7 Å². The molecule has 45 heavy (non-hydrogen) atoms. The van der Waals surface area contributed by atoms with Gasteiger partial charge in [-0.15, -0.1) is 4.52 Å². The van der Waals surface area contributed by atoms with E-state index in [0.29, 0.717) is 0 Å². The first kappa shape index (κ1) is 30.8. The van der Waals surface area contributed by atoms with E-state index in [4.69, 9.17) is 40.6 Å². The van der Waals surface area contributed by atoms with Crippen molar-refractivity contribution < 1.29 is 47.1 Å². The van der Waals surface area contributed by atoms with Crippen molar-refractivity contribution in [1.82, 2.24) is 39.0 Å². The van der Waals surface area contributed by atoms with Crippen molar-refractivity contribution in [2.75, 3.05) is 12.3 Å². The Kier molecular flexibility index (Phi) is 7.47. The quantitative estimate of drug-likeness (QED) is 0.0783. The minimum atomic E-state index is -4.39. The molecule has 0 bridgehead atoms. The monoisotopic (exact) mass is 708 g/mol. The lowest BCUT2D eigenvalue weighted by atomic mass is 10.1. The van der Waals surface area contributed by atoms with Gasteiger partial charge in [0, 0.05) is 0 Å². The zero-order valence-electron chi connectivity index (χ0n) is 22.1. The molecule has 0 amide bonds. The van der Waals surface area contributed by atoms with Crippen molar-refractivity contribution in [3.05, 3.63) is 39.7 Å². The summed E-state index contributed by atoms with van der Waals surface area (Å²) < 4.78 is 57.6. The van der Waals surface area contributed by atoms with Crippen LogP contribution >= 0.6 is 26.2 Å². The summed E-state index contributed by atoms with van der Waals surface area (Å²) >= 11 is 8.86. The Morgan fingerprint density at radius 2 is 1.87 bits per heavy atom. The number of hydrogen-bond donors (Lipinski definition) is 7. The van der Waals surface area contributed by atoms with Crippen LogP contribution in [-0.2, 0) is 39.4 Å². The zero-order valence-corrected chi connectivity index (χ0v) is 25.6. The number of anilines is 1. The van der Waals surface area contributed by atoms with E-state index in [9.17, 15) is 29.3 Å². The maximum atomic E-state index is 15.7. The predicted octanol–water partition coefficient (Wildman–Crippen LogP) is -1.34. The van der Waals surface area contributed by atoms with Crippen LogP contribution in [-0.4, -0.2) is 103 Å². The Balaban J connectivity index is 1.12. The molecule has 0 spiro atoms. The number of alkyl halides is 1. The van der Waals surface area contributed by atoms with E-state index in [1.54, 1.807) is 0 Å². The second-order valence-electron chi connectivity index (χ2n) is 10.2. The van der Waals surface area contributed by atoms with Gasteiger partial charge in [-0.3, -0.25) is 28.2 Å². The third-order valence-corrected chi connectivity index (χ3v) is 9.85. The zero-order chi connectivity index (χ0) is 32.0. The average Bonchev–Trinajstić information content (AvgIpc) is 3.52. The minimum absolute atomic E-state index is 0.0130. The molecular weight excluding hydrogens is 687 g/mol. The lowest BCUT2D eigenvalue weighted by molar-refractivity contribution is -0.0910. The van der Waals surface area contributed by atoms with Crippen molar-refractivity contribution in [2.45, 2.75) is 54.7 Å². The summed E-state index contributed by atoms with van der Waals surface area (Å²) in [4.78, 5) is 55.9. The topological polar surface area (TPSA) is 277 Å². The molecule has 1 saturated carbocycles. The molecule has 0 radical (unpaired) electrons. The van der Waals surface area contributed by atoms with Gasteiger partial charge >= 0.3 is 13.9 Å². The van der Waals surface area contributed by atoms with Crippen LogP contribution in [0.3, 0.4) is 0 Å². The molecule has 11 unspecified atom stereocenters. The molecule has 7 rings (SSSR count). The van der Waals surface area contributed by atoms with Crippen LogP contribution in [0.2, 0.25) is 0 Å². The predicted molar refractivity (Wildman–Crippen MR) is 153 cm³/mol. The van der Waals surface area contributed by atoms with E-state index in [0.717, 1.165) is 23.5 Å². The van der Waals surface area contributed by atoms with E-state index in [2.05, 4.69) is 42.2 Å². The number of aliphatic hydroxyl groups excluding tert-OH is 1. The van der Waals surface area contributed by atoms with Gasteiger partial charge in [0.05, 0.1) is 25.6 Å². The van der Waals surface area contributed by atoms with Gasteiger partial charge in [0.1, 0.15) is 36.7 Å².